The van der Waals surface area contributed by atoms with Crippen molar-refractivity contribution in [1.29, 1.82) is 0 Å². The summed E-state index contributed by atoms with van der Waals surface area (Å²) in [6, 6.07) is 6.60. The number of carbonyl (C=O) groups excluding carboxylic acids is 1. The van der Waals surface area contributed by atoms with Crippen molar-refractivity contribution in [2.24, 2.45) is 0 Å². The van der Waals surface area contributed by atoms with Crippen LogP contribution in [-0.2, 0) is 21.1 Å². The Labute approximate surface area is 121 Å². The Bertz CT molecular complexity index is 543. The molecule has 1 rings (SSSR count). The zero-order valence-electron chi connectivity index (χ0n) is 12.6. The van der Waals surface area contributed by atoms with Crippen LogP contribution in [0.1, 0.15) is 33.3 Å². The third-order valence-corrected chi connectivity index (χ3v) is 5.51. The number of hydrogen-bond acceptors (Lipinski definition) is 3. The average Bonchev–Trinajstić information content (AvgIpc) is 2.40. The van der Waals surface area contributed by atoms with Gasteiger partial charge in [0.2, 0.25) is 5.91 Å². The van der Waals surface area contributed by atoms with E-state index in [4.69, 9.17) is 0 Å². The highest BCUT2D eigenvalue weighted by molar-refractivity contribution is 7.92. The molecule has 1 amide bonds. The molecule has 0 saturated heterocycles. The Morgan fingerprint density at radius 2 is 1.60 bits per heavy atom. The topological polar surface area (TPSA) is 54.5 Å². The lowest BCUT2D eigenvalue weighted by Gasteiger charge is -2.18. The second kappa shape index (κ2) is 6.88. The van der Waals surface area contributed by atoms with Crippen molar-refractivity contribution in [3.63, 3.8) is 0 Å². The molecular formula is C15H23NO3S. The smallest absolute Gasteiger partial charge is 0.226 e. The Hall–Kier alpha value is -1.36. The quantitative estimate of drug-likeness (QED) is 0.809. The van der Waals surface area contributed by atoms with Gasteiger partial charge in [0.25, 0.3) is 0 Å². The van der Waals surface area contributed by atoms with Crippen molar-refractivity contribution >= 4 is 15.7 Å². The van der Waals surface area contributed by atoms with E-state index in [0.717, 1.165) is 5.56 Å². The first-order valence-corrected chi connectivity index (χ1v) is 8.48. The SMILES string of the molecule is CCN(CC)C(=O)Cc1ccc(S(=O)(=O)C(C)C)cc1. The molecule has 0 aliphatic carbocycles. The summed E-state index contributed by atoms with van der Waals surface area (Å²) in [6.45, 7) is 8.59. The molecular weight excluding hydrogens is 274 g/mol. The van der Waals surface area contributed by atoms with E-state index in [2.05, 4.69) is 0 Å². The Morgan fingerprint density at radius 3 is 2.00 bits per heavy atom. The minimum atomic E-state index is -3.24. The first-order valence-electron chi connectivity index (χ1n) is 6.93. The Kier molecular flexibility index (Phi) is 5.74. The van der Waals surface area contributed by atoms with Crippen LogP contribution in [0.2, 0.25) is 0 Å². The molecule has 1 aromatic rings. The molecule has 0 saturated carbocycles. The molecule has 5 heteroatoms. The van der Waals surface area contributed by atoms with Crippen LogP contribution in [0.4, 0.5) is 0 Å². The summed E-state index contributed by atoms with van der Waals surface area (Å²) in [4.78, 5) is 14.0. The number of nitrogens with zero attached hydrogens (tertiary/aromatic N) is 1. The summed E-state index contributed by atoms with van der Waals surface area (Å²) >= 11 is 0. The van der Waals surface area contributed by atoms with Gasteiger partial charge in [-0.3, -0.25) is 4.79 Å². The number of likely N-dealkylation sites (N-methyl/N-ethyl adjacent to an activating group) is 1. The molecule has 0 atom stereocenters. The molecule has 0 bridgehead atoms. The van der Waals surface area contributed by atoms with E-state index < -0.39 is 15.1 Å². The maximum atomic E-state index is 12.0. The lowest BCUT2D eigenvalue weighted by Crippen LogP contribution is -2.31. The van der Waals surface area contributed by atoms with E-state index in [9.17, 15) is 13.2 Å². The van der Waals surface area contributed by atoms with Crippen LogP contribution in [0.25, 0.3) is 0 Å². The van der Waals surface area contributed by atoms with Crippen LogP contribution < -0.4 is 0 Å². The number of benzene rings is 1. The van der Waals surface area contributed by atoms with Gasteiger partial charge in [-0.05, 0) is 45.4 Å². The van der Waals surface area contributed by atoms with Crippen LogP contribution in [0.5, 0.6) is 0 Å². The van der Waals surface area contributed by atoms with Crippen LogP contribution in [0, 0.1) is 0 Å². The molecule has 20 heavy (non-hydrogen) atoms. The van der Waals surface area contributed by atoms with Crippen molar-refractivity contribution in [3.05, 3.63) is 29.8 Å². The molecule has 0 unspecified atom stereocenters. The van der Waals surface area contributed by atoms with Gasteiger partial charge in [0.1, 0.15) is 0 Å². The van der Waals surface area contributed by atoms with E-state index in [0.29, 0.717) is 24.4 Å². The number of sulfone groups is 1. The van der Waals surface area contributed by atoms with E-state index >= 15 is 0 Å². The van der Waals surface area contributed by atoms with Crippen molar-refractivity contribution in [2.75, 3.05) is 13.1 Å². The fourth-order valence-electron chi connectivity index (χ4n) is 1.93. The van der Waals surface area contributed by atoms with Gasteiger partial charge in [-0.15, -0.1) is 0 Å². The molecule has 0 fully saturated rings. The number of rotatable bonds is 6. The molecule has 0 N–H and O–H groups in total. The Balaban J connectivity index is 2.85. The van der Waals surface area contributed by atoms with Gasteiger partial charge in [0.05, 0.1) is 16.6 Å². The molecule has 0 heterocycles. The largest absolute Gasteiger partial charge is 0.343 e. The summed E-state index contributed by atoms with van der Waals surface area (Å²) in [7, 11) is -3.24. The summed E-state index contributed by atoms with van der Waals surface area (Å²) in [5.74, 6) is 0.0643. The fourth-order valence-corrected chi connectivity index (χ4v) is 2.99. The maximum Gasteiger partial charge on any atom is 0.226 e. The summed E-state index contributed by atoms with van der Waals surface area (Å²) < 4.78 is 24.0. The van der Waals surface area contributed by atoms with Gasteiger partial charge in [0, 0.05) is 13.1 Å². The van der Waals surface area contributed by atoms with Gasteiger partial charge in [-0.25, -0.2) is 8.42 Å². The van der Waals surface area contributed by atoms with Gasteiger partial charge < -0.3 is 4.90 Å². The second-order valence-electron chi connectivity index (χ2n) is 4.98. The van der Waals surface area contributed by atoms with E-state index in [1.807, 2.05) is 13.8 Å². The average molecular weight is 297 g/mol. The summed E-state index contributed by atoms with van der Waals surface area (Å²) in [6.07, 6.45) is 0.309. The Morgan fingerprint density at radius 1 is 1.10 bits per heavy atom. The highest BCUT2D eigenvalue weighted by atomic mass is 32.2. The van der Waals surface area contributed by atoms with Gasteiger partial charge in [0.15, 0.2) is 9.84 Å². The molecule has 0 aromatic heterocycles. The highest BCUT2D eigenvalue weighted by Gasteiger charge is 2.19. The minimum absolute atomic E-state index is 0.0643. The van der Waals surface area contributed by atoms with Crippen molar-refractivity contribution in [1.82, 2.24) is 4.90 Å². The second-order valence-corrected chi connectivity index (χ2v) is 7.48. The van der Waals surface area contributed by atoms with Crippen molar-refractivity contribution in [3.8, 4) is 0 Å². The highest BCUT2D eigenvalue weighted by Crippen LogP contribution is 2.17. The summed E-state index contributed by atoms with van der Waals surface area (Å²) in [5.41, 5.74) is 0.838. The molecule has 0 aliphatic rings. The lowest BCUT2D eigenvalue weighted by atomic mass is 10.1. The molecule has 112 valence electrons. The third kappa shape index (κ3) is 3.82. The van der Waals surface area contributed by atoms with E-state index in [1.54, 1.807) is 43.0 Å². The van der Waals surface area contributed by atoms with Gasteiger partial charge in [-0.1, -0.05) is 12.1 Å². The molecule has 4 nitrogen and oxygen atoms in total. The van der Waals surface area contributed by atoms with Crippen LogP contribution in [0.3, 0.4) is 0 Å². The predicted molar refractivity (Wildman–Crippen MR) is 80.4 cm³/mol. The van der Waals surface area contributed by atoms with Crippen LogP contribution in [-0.4, -0.2) is 37.6 Å². The monoisotopic (exact) mass is 297 g/mol. The zero-order valence-corrected chi connectivity index (χ0v) is 13.4. The number of amides is 1. The minimum Gasteiger partial charge on any atom is -0.343 e. The molecule has 1 aromatic carbocycles. The lowest BCUT2D eigenvalue weighted by molar-refractivity contribution is -0.130. The van der Waals surface area contributed by atoms with Gasteiger partial charge in [-0.2, -0.15) is 0 Å². The first kappa shape index (κ1) is 16.7. The number of hydrogen-bond donors (Lipinski definition) is 0. The predicted octanol–water partition coefficient (Wildman–Crippen LogP) is 2.28. The number of carbonyl (C=O) groups is 1. The van der Waals surface area contributed by atoms with Gasteiger partial charge >= 0.3 is 0 Å². The standard InChI is InChI=1S/C15H23NO3S/c1-5-16(6-2)15(17)11-13-7-9-14(10-8-13)20(18,19)12(3)4/h7-10,12H,5-6,11H2,1-4H3. The first-order chi connectivity index (χ1) is 9.32. The van der Waals surface area contributed by atoms with Crippen molar-refractivity contribution in [2.45, 2.75) is 44.3 Å². The summed E-state index contributed by atoms with van der Waals surface area (Å²) in [5, 5.41) is -0.439. The van der Waals surface area contributed by atoms with Crippen molar-refractivity contribution < 1.29 is 13.2 Å². The van der Waals surface area contributed by atoms with E-state index in [1.165, 1.54) is 0 Å². The third-order valence-electron chi connectivity index (χ3n) is 3.34. The fraction of sp³-hybridized carbons (Fsp3) is 0.533. The molecule has 0 aliphatic heterocycles. The van der Waals surface area contributed by atoms with Crippen LogP contribution in [0.15, 0.2) is 29.2 Å². The zero-order chi connectivity index (χ0) is 15.3. The molecule has 0 spiro atoms. The molecule has 0 radical (unpaired) electrons. The maximum absolute atomic E-state index is 12.0. The van der Waals surface area contributed by atoms with Crippen LogP contribution >= 0.6 is 0 Å². The van der Waals surface area contributed by atoms with E-state index in [-0.39, 0.29) is 5.91 Å². The normalized spacial score (nSPS) is 11.7.